The van der Waals surface area contributed by atoms with Gasteiger partial charge in [-0.25, -0.2) is 13.2 Å². The zero-order valence-electron chi connectivity index (χ0n) is 10.7. The lowest BCUT2D eigenvalue weighted by atomic mass is 10.2. The summed E-state index contributed by atoms with van der Waals surface area (Å²) >= 11 is 2.95. The molecule has 1 aliphatic rings. The van der Waals surface area contributed by atoms with Gasteiger partial charge >= 0.3 is 5.97 Å². The van der Waals surface area contributed by atoms with E-state index in [2.05, 4.69) is 15.9 Å². The molecule has 1 unspecified atom stereocenters. The van der Waals surface area contributed by atoms with E-state index in [0.717, 1.165) is 6.07 Å². The Morgan fingerprint density at radius 1 is 1.60 bits per heavy atom. The van der Waals surface area contributed by atoms with Crippen LogP contribution in [0.4, 0.5) is 0 Å². The second-order valence-corrected chi connectivity index (χ2v) is 6.94. The Kier molecular flexibility index (Phi) is 4.52. The van der Waals surface area contributed by atoms with Crippen LogP contribution in [-0.4, -0.2) is 49.6 Å². The van der Waals surface area contributed by atoms with Crippen LogP contribution in [0.3, 0.4) is 0 Å². The molecule has 1 aliphatic heterocycles. The molecule has 1 aromatic rings. The second kappa shape index (κ2) is 5.84. The fraction of sp³-hybridized carbons (Fsp3) is 0.545. The first kappa shape index (κ1) is 15.5. The number of carboxylic acids is 1. The highest BCUT2D eigenvalue weighted by Crippen LogP contribution is 2.29. The molecule has 1 N–H and O–H groups in total. The molecule has 9 heteroatoms. The van der Waals surface area contributed by atoms with Crippen LogP contribution in [0.15, 0.2) is 20.0 Å². The normalized spacial score (nSPS) is 21.0. The van der Waals surface area contributed by atoms with Crippen LogP contribution in [-0.2, 0) is 14.8 Å². The van der Waals surface area contributed by atoms with E-state index >= 15 is 0 Å². The number of rotatable bonds is 4. The Balaban J connectivity index is 2.32. The highest BCUT2D eigenvalue weighted by atomic mass is 79.9. The Morgan fingerprint density at radius 3 is 2.85 bits per heavy atom. The summed E-state index contributed by atoms with van der Waals surface area (Å²) in [5.74, 6) is -1.74. The van der Waals surface area contributed by atoms with Crippen molar-refractivity contribution in [2.24, 2.45) is 0 Å². The summed E-state index contributed by atoms with van der Waals surface area (Å²) in [6.07, 6.45) is 0.557. The Bertz CT molecular complexity index is 610. The van der Waals surface area contributed by atoms with Gasteiger partial charge in [0.2, 0.25) is 15.8 Å². The number of nitrogens with zero attached hydrogens (tertiary/aromatic N) is 1. The number of ether oxygens (including phenoxy) is 1. The quantitative estimate of drug-likeness (QED) is 0.866. The van der Waals surface area contributed by atoms with Crippen molar-refractivity contribution in [3.63, 3.8) is 0 Å². The van der Waals surface area contributed by atoms with Gasteiger partial charge in [0.1, 0.15) is 4.90 Å². The lowest BCUT2D eigenvalue weighted by molar-refractivity contribution is -0.00280. The van der Waals surface area contributed by atoms with Crippen molar-refractivity contribution in [1.82, 2.24) is 4.31 Å². The van der Waals surface area contributed by atoms with E-state index in [0.29, 0.717) is 13.0 Å². The van der Waals surface area contributed by atoms with Gasteiger partial charge in [0, 0.05) is 19.2 Å². The smallest absolute Gasteiger partial charge is 0.371 e. The number of furan rings is 1. The number of carbonyl (C=O) groups is 1. The maximum atomic E-state index is 12.5. The van der Waals surface area contributed by atoms with Gasteiger partial charge in [-0.05, 0) is 22.4 Å². The highest BCUT2D eigenvalue weighted by molar-refractivity contribution is 9.10. The van der Waals surface area contributed by atoms with Gasteiger partial charge < -0.3 is 14.3 Å². The first-order valence-corrected chi connectivity index (χ1v) is 8.24. The lowest BCUT2D eigenvalue weighted by Gasteiger charge is -2.31. The predicted molar refractivity (Wildman–Crippen MR) is 72.2 cm³/mol. The van der Waals surface area contributed by atoms with Crippen molar-refractivity contribution in [2.75, 3.05) is 19.7 Å². The van der Waals surface area contributed by atoms with Crippen LogP contribution in [0.5, 0.6) is 0 Å². The molecule has 1 saturated heterocycles. The highest BCUT2D eigenvalue weighted by Gasteiger charge is 2.34. The monoisotopic (exact) mass is 367 g/mol. The van der Waals surface area contributed by atoms with Crippen molar-refractivity contribution < 1.29 is 27.5 Å². The molecular formula is C11H14BrNO6S. The minimum Gasteiger partial charge on any atom is -0.475 e. The number of morpholine rings is 1. The molecular weight excluding hydrogens is 354 g/mol. The summed E-state index contributed by atoms with van der Waals surface area (Å²) < 4.78 is 36.5. The molecule has 0 radical (unpaired) electrons. The van der Waals surface area contributed by atoms with E-state index in [1.54, 1.807) is 0 Å². The van der Waals surface area contributed by atoms with Crippen molar-refractivity contribution in [3.8, 4) is 0 Å². The fourth-order valence-electron chi connectivity index (χ4n) is 1.93. The maximum Gasteiger partial charge on any atom is 0.371 e. The van der Waals surface area contributed by atoms with E-state index in [4.69, 9.17) is 14.3 Å². The zero-order chi connectivity index (χ0) is 14.9. The van der Waals surface area contributed by atoms with E-state index in [9.17, 15) is 13.2 Å². The molecule has 20 heavy (non-hydrogen) atoms. The molecule has 2 heterocycles. The Hall–Kier alpha value is -0.900. The molecule has 1 aromatic heterocycles. The summed E-state index contributed by atoms with van der Waals surface area (Å²) in [7, 11) is -3.80. The van der Waals surface area contributed by atoms with Gasteiger partial charge in [0.05, 0.1) is 12.7 Å². The molecule has 0 saturated carbocycles. The van der Waals surface area contributed by atoms with Crippen LogP contribution in [0, 0.1) is 0 Å². The largest absolute Gasteiger partial charge is 0.475 e. The Morgan fingerprint density at radius 2 is 2.30 bits per heavy atom. The summed E-state index contributed by atoms with van der Waals surface area (Å²) in [6.45, 7) is 2.72. The fourth-order valence-corrected chi connectivity index (χ4v) is 4.29. The number of carboxylic acid groups (broad SMARTS) is 1. The van der Waals surface area contributed by atoms with Crippen molar-refractivity contribution in [2.45, 2.75) is 24.3 Å². The van der Waals surface area contributed by atoms with Gasteiger partial charge in [-0.3, -0.25) is 0 Å². The number of hydrogen-bond donors (Lipinski definition) is 1. The van der Waals surface area contributed by atoms with Crippen LogP contribution >= 0.6 is 15.9 Å². The van der Waals surface area contributed by atoms with Crippen LogP contribution in [0.2, 0.25) is 0 Å². The van der Waals surface area contributed by atoms with E-state index in [1.165, 1.54) is 4.31 Å². The van der Waals surface area contributed by atoms with Gasteiger partial charge in [-0.2, -0.15) is 4.31 Å². The van der Waals surface area contributed by atoms with Gasteiger partial charge in [0.15, 0.2) is 4.67 Å². The molecule has 112 valence electrons. The SMILES string of the molecule is CCC1CN(S(=O)(=O)c2cc(C(=O)O)oc2Br)CCO1. The average Bonchev–Trinajstić information content (AvgIpc) is 2.82. The summed E-state index contributed by atoms with van der Waals surface area (Å²) in [5, 5.41) is 8.84. The molecule has 0 amide bonds. The van der Waals surface area contributed by atoms with Gasteiger partial charge in [-0.15, -0.1) is 0 Å². The number of aromatic carboxylic acids is 1. The molecule has 0 spiro atoms. The number of sulfonamides is 1. The minimum absolute atomic E-state index is 0.102. The third-order valence-electron chi connectivity index (χ3n) is 3.04. The van der Waals surface area contributed by atoms with Crippen molar-refractivity contribution in [3.05, 3.63) is 16.5 Å². The second-order valence-electron chi connectivity index (χ2n) is 4.32. The van der Waals surface area contributed by atoms with E-state index < -0.39 is 21.8 Å². The molecule has 0 aliphatic carbocycles. The number of hydrogen-bond acceptors (Lipinski definition) is 5. The zero-order valence-corrected chi connectivity index (χ0v) is 13.1. The predicted octanol–water partition coefficient (Wildman–Crippen LogP) is 1.54. The van der Waals surface area contributed by atoms with Gasteiger partial charge in [0.25, 0.3) is 0 Å². The van der Waals surface area contributed by atoms with E-state index in [-0.39, 0.29) is 28.8 Å². The Labute approximate surface area is 124 Å². The van der Waals surface area contributed by atoms with Crippen molar-refractivity contribution >= 4 is 31.9 Å². The summed E-state index contributed by atoms with van der Waals surface area (Å²) in [5.41, 5.74) is 0. The summed E-state index contributed by atoms with van der Waals surface area (Å²) in [4.78, 5) is 10.7. The molecule has 1 fully saturated rings. The molecule has 7 nitrogen and oxygen atoms in total. The third kappa shape index (κ3) is 2.90. The molecule has 2 rings (SSSR count). The van der Waals surface area contributed by atoms with E-state index in [1.807, 2.05) is 6.92 Å². The molecule has 0 aromatic carbocycles. The standard InChI is InChI=1S/C11H14BrNO6S/c1-2-7-6-13(3-4-18-7)20(16,17)9-5-8(11(14)15)19-10(9)12/h5,7H,2-4,6H2,1H3,(H,14,15). The molecule has 0 bridgehead atoms. The molecule has 1 atom stereocenters. The lowest BCUT2D eigenvalue weighted by Crippen LogP contribution is -2.45. The van der Waals surface area contributed by atoms with Crippen LogP contribution in [0.1, 0.15) is 23.9 Å². The summed E-state index contributed by atoms with van der Waals surface area (Å²) in [6, 6.07) is 1.01. The first-order valence-electron chi connectivity index (χ1n) is 6.00. The van der Waals surface area contributed by atoms with Crippen LogP contribution in [0.25, 0.3) is 0 Å². The average molecular weight is 368 g/mol. The maximum absolute atomic E-state index is 12.5. The van der Waals surface area contributed by atoms with Crippen LogP contribution < -0.4 is 0 Å². The third-order valence-corrected chi connectivity index (χ3v) is 5.76. The first-order chi connectivity index (χ1) is 9.36. The topological polar surface area (TPSA) is 97.1 Å². The van der Waals surface area contributed by atoms with Crippen molar-refractivity contribution in [1.29, 1.82) is 0 Å². The number of halogens is 1. The minimum atomic E-state index is -3.80. The van der Waals surface area contributed by atoms with Gasteiger partial charge in [-0.1, -0.05) is 6.92 Å².